The number of ether oxygens (including phenoxy) is 1. The van der Waals surface area contributed by atoms with Crippen LogP contribution in [0.2, 0.25) is 0 Å². The number of hydrogen-bond acceptors (Lipinski definition) is 3. The largest absolute Gasteiger partial charge is 0.377 e. The number of likely N-dealkylation sites (N-methyl/N-ethyl adjacent to an activating group) is 1. The summed E-state index contributed by atoms with van der Waals surface area (Å²) in [5.41, 5.74) is 0.426. The van der Waals surface area contributed by atoms with Gasteiger partial charge >= 0.3 is 0 Å². The standard InChI is InChI=1S/C14H28N2O/c1-11-12(6-9-17-11)16(4)10-13-14(2,3)7-5-8-15-13/h11-13,15H,5-10H2,1-4H3. The lowest BCUT2D eigenvalue weighted by atomic mass is 9.77. The van der Waals surface area contributed by atoms with Crippen LogP contribution in [0.1, 0.15) is 40.0 Å². The first-order valence-electron chi connectivity index (χ1n) is 7.06. The van der Waals surface area contributed by atoms with Crippen LogP contribution in [-0.4, -0.2) is 49.8 Å². The van der Waals surface area contributed by atoms with E-state index in [1.54, 1.807) is 0 Å². The maximum atomic E-state index is 5.67. The molecule has 2 rings (SSSR count). The summed E-state index contributed by atoms with van der Waals surface area (Å²) in [5.74, 6) is 0. The minimum absolute atomic E-state index is 0.395. The van der Waals surface area contributed by atoms with Crippen LogP contribution < -0.4 is 5.32 Å². The molecule has 2 fully saturated rings. The highest BCUT2D eigenvalue weighted by atomic mass is 16.5. The first-order valence-corrected chi connectivity index (χ1v) is 7.06. The highest BCUT2D eigenvalue weighted by Crippen LogP contribution is 2.31. The highest BCUT2D eigenvalue weighted by molar-refractivity contribution is 4.92. The summed E-state index contributed by atoms with van der Waals surface area (Å²) in [7, 11) is 2.25. The molecule has 0 saturated carbocycles. The second-order valence-electron chi connectivity index (χ2n) is 6.47. The summed E-state index contributed by atoms with van der Waals surface area (Å²) >= 11 is 0. The molecule has 3 heteroatoms. The summed E-state index contributed by atoms with van der Waals surface area (Å²) in [6.45, 7) is 10.2. The molecule has 0 aromatic heterocycles. The van der Waals surface area contributed by atoms with E-state index in [4.69, 9.17) is 4.74 Å². The maximum absolute atomic E-state index is 5.67. The number of piperidine rings is 1. The Kier molecular flexibility index (Phi) is 4.11. The van der Waals surface area contributed by atoms with E-state index in [0.717, 1.165) is 13.2 Å². The smallest absolute Gasteiger partial charge is 0.0702 e. The van der Waals surface area contributed by atoms with E-state index in [2.05, 4.69) is 38.0 Å². The molecule has 100 valence electrons. The van der Waals surface area contributed by atoms with Crippen LogP contribution >= 0.6 is 0 Å². The zero-order valence-electron chi connectivity index (χ0n) is 11.8. The molecule has 2 saturated heterocycles. The Balaban J connectivity index is 1.90. The van der Waals surface area contributed by atoms with Crippen molar-refractivity contribution in [2.24, 2.45) is 5.41 Å². The van der Waals surface area contributed by atoms with Gasteiger partial charge < -0.3 is 10.1 Å². The van der Waals surface area contributed by atoms with Crippen LogP contribution in [0.4, 0.5) is 0 Å². The van der Waals surface area contributed by atoms with E-state index in [9.17, 15) is 0 Å². The third-order valence-electron chi connectivity index (χ3n) is 4.70. The van der Waals surface area contributed by atoms with Crippen molar-refractivity contribution in [2.45, 2.75) is 58.2 Å². The second-order valence-corrected chi connectivity index (χ2v) is 6.47. The molecule has 0 amide bonds. The van der Waals surface area contributed by atoms with Gasteiger partial charge in [-0.15, -0.1) is 0 Å². The Hall–Kier alpha value is -0.120. The Morgan fingerprint density at radius 1 is 1.41 bits per heavy atom. The Morgan fingerprint density at radius 2 is 2.18 bits per heavy atom. The summed E-state index contributed by atoms with van der Waals surface area (Å²) in [4.78, 5) is 2.50. The SMILES string of the molecule is CC1OCCC1N(C)CC1NCCCC1(C)C. The summed E-state index contributed by atoms with van der Waals surface area (Å²) in [6, 6.07) is 1.23. The zero-order valence-corrected chi connectivity index (χ0v) is 11.8. The number of rotatable bonds is 3. The van der Waals surface area contributed by atoms with Crippen LogP contribution in [0.25, 0.3) is 0 Å². The summed E-state index contributed by atoms with van der Waals surface area (Å²) in [5, 5.41) is 3.70. The van der Waals surface area contributed by atoms with Crippen LogP contribution in [0.15, 0.2) is 0 Å². The molecule has 3 nitrogen and oxygen atoms in total. The fraction of sp³-hybridized carbons (Fsp3) is 1.00. The van der Waals surface area contributed by atoms with Crippen molar-refractivity contribution in [1.29, 1.82) is 0 Å². The molecule has 0 aromatic rings. The van der Waals surface area contributed by atoms with Gasteiger partial charge in [-0.25, -0.2) is 0 Å². The van der Waals surface area contributed by atoms with Crippen LogP contribution in [-0.2, 0) is 4.74 Å². The van der Waals surface area contributed by atoms with Crippen LogP contribution in [0, 0.1) is 5.41 Å². The first kappa shape index (κ1) is 13.3. The van der Waals surface area contributed by atoms with Crippen LogP contribution in [0.3, 0.4) is 0 Å². The lowest BCUT2D eigenvalue weighted by molar-refractivity contribution is 0.0650. The average molecular weight is 240 g/mol. The third-order valence-corrected chi connectivity index (χ3v) is 4.70. The molecule has 0 aliphatic carbocycles. The molecule has 3 unspecified atom stereocenters. The average Bonchev–Trinajstić information content (AvgIpc) is 2.67. The van der Waals surface area contributed by atoms with Gasteiger partial charge in [0.1, 0.15) is 0 Å². The fourth-order valence-corrected chi connectivity index (χ4v) is 3.31. The minimum atomic E-state index is 0.395. The van der Waals surface area contributed by atoms with Gasteiger partial charge in [0.15, 0.2) is 0 Å². The number of nitrogens with one attached hydrogen (secondary N) is 1. The van der Waals surface area contributed by atoms with Gasteiger partial charge in [-0.3, -0.25) is 4.90 Å². The quantitative estimate of drug-likeness (QED) is 0.815. The second kappa shape index (κ2) is 5.25. The molecule has 0 aromatic carbocycles. The van der Waals surface area contributed by atoms with E-state index in [0.29, 0.717) is 23.6 Å². The zero-order chi connectivity index (χ0) is 12.5. The van der Waals surface area contributed by atoms with Gasteiger partial charge in [-0.05, 0) is 45.2 Å². The number of nitrogens with zero attached hydrogens (tertiary/aromatic N) is 1. The van der Waals surface area contributed by atoms with Gasteiger partial charge in [0.05, 0.1) is 6.10 Å². The predicted octanol–water partition coefficient (Wildman–Crippen LogP) is 1.87. The Bertz CT molecular complexity index is 255. The molecule has 2 aliphatic rings. The topological polar surface area (TPSA) is 24.5 Å². The van der Waals surface area contributed by atoms with E-state index in [1.807, 2.05) is 0 Å². The van der Waals surface area contributed by atoms with E-state index < -0.39 is 0 Å². The van der Waals surface area contributed by atoms with Crippen LogP contribution in [0.5, 0.6) is 0 Å². The van der Waals surface area contributed by atoms with Gasteiger partial charge in [0.25, 0.3) is 0 Å². The molecular formula is C14H28N2O. The van der Waals surface area contributed by atoms with Crippen molar-refractivity contribution in [1.82, 2.24) is 10.2 Å². The third kappa shape index (κ3) is 3.01. The van der Waals surface area contributed by atoms with E-state index in [-0.39, 0.29) is 0 Å². The Labute approximate surface area is 106 Å². The molecule has 0 spiro atoms. The molecule has 17 heavy (non-hydrogen) atoms. The highest BCUT2D eigenvalue weighted by Gasteiger charge is 2.35. The molecule has 3 atom stereocenters. The minimum Gasteiger partial charge on any atom is -0.377 e. The van der Waals surface area contributed by atoms with Crippen molar-refractivity contribution in [3.63, 3.8) is 0 Å². The van der Waals surface area contributed by atoms with Gasteiger partial charge in [0.2, 0.25) is 0 Å². The Morgan fingerprint density at radius 3 is 2.76 bits per heavy atom. The van der Waals surface area contributed by atoms with Gasteiger partial charge in [-0.1, -0.05) is 13.8 Å². The van der Waals surface area contributed by atoms with E-state index >= 15 is 0 Å². The summed E-state index contributed by atoms with van der Waals surface area (Å²) in [6.07, 6.45) is 4.24. The van der Waals surface area contributed by atoms with Crippen molar-refractivity contribution < 1.29 is 4.74 Å². The van der Waals surface area contributed by atoms with Gasteiger partial charge in [0, 0.05) is 25.2 Å². The molecule has 0 radical (unpaired) electrons. The molecule has 0 bridgehead atoms. The van der Waals surface area contributed by atoms with Crippen molar-refractivity contribution in [3.8, 4) is 0 Å². The number of hydrogen-bond donors (Lipinski definition) is 1. The molecule has 2 aliphatic heterocycles. The fourth-order valence-electron chi connectivity index (χ4n) is 3.31. The maximum Gasteiger partial charge on any atom is 0.0702 e. The van der Waals surface area contributed by atoms with Crippen molar-refractivity contribution in [3.05, 3.63) is 0 Å². The molecule has 2 heterocycles. The normalized spacial score (nSPS) is 37.6. The first-order chi connectivity index (χ1) is 8.00. The van der Waals surface area contributed by atoms with E-state index in [1.165, 1.54) is 25.8 Å². The lowest BCUT2D eigenvalue weighted by Crippen LogP contribution is -2.54. The van der Waals surface area contributed by atoms with Gasteiger partial charge in [-0.2, -0.15) is 0 Å². The predicted molar refractivity (Wildman–Crippen MR) is 71.3 cm³/mol. The lowest BCUT2D eigenvalue weighted by Gasteiger charge is -2.42. The summed E-state index contributed by atoms with van der Waals surface area (Å²) < 4.78 is 5.67. The van der Waals surface area contributed by atoms with Crippen molar-refractivity contribution in [2.75, 3.05) is 26.7 Å². The molecular weight excluding hydrogens is 212 g/mol. The molecule has 1 N–H and O–H groups in total. The monoisotopic (exact) mass is 240 g/mol. The van der Waals surface area contributed by atoms with Crippen molar-refractivity contribution >= 4 is 0 Å².